The highest BCUT2D eigenvalue weighted by Crippen LogP contribution is 2.34. The lowest BCUT2D eigenvalue weighted by atomic mass is 10.1. The first kappa shape index (κ1) is 16.3. The van der Waals surface area contributed by atoms with Crippen LogP contribution in [0.2, 0.25) is 0 Å². The summed E-state index contributed by atoms with van der Waals surface area (Å²) in [6.45, 7) is 5.11. The number of methoxy groups -OCH3 is 1. The molecule has 1 aliphatic rings. The number of nitrogens with one attached hydrogen (secondary N) is 1. The monoisotopic (exact) mass is 332 g/mol. The van der Waals surface area contributed by atoms with E-state index in [9.17, 15) is 4.79 Å². The number of esters is 1. The number of carbonyl (C=O) groups is 1. The van der Waals surface area contributed by atoms with Crippen molar-refractivity contribution in [2.24, 2.45) is 0 Å². The molecule has 1 aromatic heterocycles. The number of carbonyl (C=O) groups excluding carboxylic acids is 1. The van der Waals surface area contributed by atoms with Gasteiger partial charge in [-0.05, 0) is 19.1 Å². The fourth-order valence-corrected chi connectivity index (χ4v) is 2.65. The first-order valence-corrected chi connectivity index (χ1v) is 7.83. The van der Waals surface area contributed by atoms with Crippen molar-refractivity contribution in [3.63, 3.8) is 0 Å². The summed E-state index contributed by atoms with van der Waals surface area (Å²) >= 11 is 0. The maximum atomic E-state index is 12.0. The minimum atomic E-state index is -0.513. The van der Waals surface area contributed by atoms with Crippen LogP contribution >= 0.6 is 0 Å². The molecular weight excluding hydrogens is 312 g/mol. The van der Waals surface area contributed by atoms with Crippen LogP contribution in [0.4, 0.5) is 5.69 Å². The summed E-state index contributed by atoms with van der Waals surface area (Å²) in [5.74, 6) is 0.110. The summed E-state index contributed by atoms with van der Waals surface area (Å²) in [5.41, 5.74) is 2.29. The molecule has 8 nitrogen and oxygen atoms in total. The summed E-state index contributed by atoms with van der Waals surface area (Å²) < 4.78 is 15.9. The molecule has 1 aliphatic heterocycles. The number of aromatic amines is 1. The molecule has 0 amide bonds. The second-order valence-electron chi connectivity index (χ2n) is 5.23. The summed E-state index contributed by atoms with van der Waals surface area (Å²) in [5, 5.41) is 10.5. The third-order valence-corrected chi connectivity index (χ3v) is 3.83. The zero-order valence-corrected chi connectivity index (χ0v) is 13.7. The Balaban J connectivity index is 1.94. The lowest BCUT2D eigenvalue weighted by Gasteiger charge is -2.29. The Labute approximate surface area is 139 Å². The van der Waals surface area contributed by atoms with Crippen LogP contribution in [0.25, 0.3) is 11.3 Å². The number of hydrogen-bond acceptors (Lipinski definition) is 7. The molecule has 2 aromatic rings. The van der Waals surface area contributed by atoms with Crippen LogP contribution in [-0.4, -0.2) is 61.4 Å². The summed E-state index contributed by atoms with van der Waals surface area (Å²) in [7, 11) is 1.59. The van der Waals surface area contributed by atoms with E-state index >= 15 is 0 Å². The zero-order valence-electron chi connectivity index (χ0n) is 13.7. The number of H-pyrrole nitrogens is 1. The zero-order chi connectivity index (χ0) is 16.9. The van der Waals surface area contributed by atoms with Crippen LogP contribution in [0.3, 0.4) is 0 Å². The number of nitrogens with zero attached hydrogens (tertiary/aromatic N) is 3. The lowest BCUT2D eigenvalue weighted by molar-refractivity contribution is 0.0520. The van der Waals surface area contributed by atoms with Crippen molar-refractivity contribution in [2.75, 3.05) is 44.9 Å². The van der Waals surface area contributed by atoms with Gasteiger partial charge in [0.2, 0.25) is 0 Å². The van der Waals surface area contributed by atoms with Gasteiger partial charge in [-0.3, -0.25) is 0 Å². The number of anilines is 1. The predicted octanol–water partition coefficient (Wildman–Crippen LogP) is 1.49. The van der Waals surface area contributed by atoms with Gasteiger partial charge < -0.3 is 19.1 Å². The van der Waals surface area contributed by atoms with Crippen LogP contribution in [0.15, 0.2) is 18.2 Å². The van der Waals surface area contributed by atoms with E-state index in [0.717, 1.165) is 18.8 Å². The van der Waals surface area contributed by atoms with Gasteiger partial charge in [0.05, 0.1) is 26.9 Å². The van der Waals surface area contributed by atoms with Crippen molar-refractivity contribution in [1.82, 2.24) is 15.4 Å². The molecule has 1 N–H and O–H groups in total. The van der Waals surface area contributed by atoms with E-state index in [-0.39, 0.29) is 12.3 Å². The van der Waals surface area contributed by atoms with Gasteiger partial charge in [0.1, 0.15) is 11.4 Å². The molecule has 3 rings (SSSR count). The van der Waals surface area contributed by atoms with Gasteiger partial charge >= 0.3 is 5.97 Å². The molecule has 0 aliphatic carbocycles. The molecule has 0 radical (unpaired) electrons. The number of rotatable bonds is 5. The molecular formula is C16H20N4O4. The summed E-state index contributed by atoms with van der Waals surface area (Å²) in [4.78, 5) is 14.2. The van der Waals surface area contributed by atoms with Gasteiger partial charge in [0.25, 0.3) is 0 Å². The molecule has 8 heteroatoms. The maximum absolute atomic E-state index is 12.0. The van der Waals surface area contributed by atoms with E-state index in [1.807, 2.05) is 18.2 Å². The fraction of sp³-hybridized carbons (Fsp3) is 0.438. The summed E-state index contributed by atoms with van der Waals surface area (Å²) in [6, 6.07) is 5.79. The lowest BCUT2D eigenvalue weighted by Crippen LogP contribution is -2.36. The first-order valence-electron chi connectivity index (χ1n) is 7.83. The van der Waals surface area contributed by atoms with Crippen LogP contribution < -0.4 is 9.64 Å². The molecule has 1 aromatic carbocycles. The highest BCUT2D eigenvalue weighted by molar-refractivity contribution is 5.95. The van der Waals surface area contributed by atoms with Crippen molar-refractivity contribution in [3.8, 4) is 17.0 Å². The average Bonchev–Trinajstić information content (AvgIpc) is 3.12. The molecule has 24 heavy (non-hydrogen) atoms. The van der Waals surface area contributed by atoms with E-state index in [0.29, 0.717) is 30.2 Å². The highest BCUT2D eigenvalue weighted by Gasteiger charge is 2.22. The largest absolute Gasteiger partial charge is 0.496 e. The van der Waals surface area contributed by atoms with Gasteiger partial charge in [0, 0.05) is 30.4 Å². The molecule has 0 atom stereocenters. The average molecular weight is 332 g/mol. The standard InChI is InChI=1S/C16H20N4O4/c1-3-24-16(21)15-14(17-19-18-15)12-5-4-11(10-13(12)22-2)20-6-8-23-9-7-20/h4-5,10H,3,6-9H2,1-2H3,(H,17,18,19). The third kappa shape index (κ3) is 3.18. The predicted molar refractivity (Wildman–Crippen MR) is 87.4 cm³/mol. The number of aromatic nitrogens is 3. The molecule has 0 saturated carbocycles. The van der Waals surface area contributed by atoms with Gasteiger partial charge in [0.15, 0.2) is 5.69 Å². The first-order chi connectivity index (χ1) is 11.7. The number of morpholine rings is 1. The van der Waals surface area contributed by atoms with Crippen molar-refractivity contribution in [2.45, 2.75) is 6.92 Å². The van der Waals surface area contributed by atoms with E-state index in [2.05, 4.69) is 20.3 Å². The van der Waals surface area contributed by atoms with E-state index in [1.54, 1.807) is 14.0 Å². The molecule has 2 heterocycles. The van der Waals surface area contributed by atoms with Crippen molar-refractivity contribution in [1.29, 1.82) is 0 Å². The Morgan fingerprint density at radius 1 is 1.33 bits per heavy atom. The second kappa shape index (κ2) is 7.31. The Kier molecular flexibility index (Phi) is 4.95. The van der Waals surface area contributed by atoms with E-state index in [1.165, 1.54) is 0 Å². The van der Waals surface area contributed by atoms with Crippen molar-refractivity contribution in [3.05, 3.63) is 23.9 Å². The van der Waals surface area contributed by atoms with Crippen LogP contribution in [-0.2, 0) is 9.47 Å². The fourth-order valence-electron chi connectivity index (χ4n) is 2.65. The van der Waals surface area contributed by atoms with Crippen molar-refractivity contribution < 1.29 is 19.0 Å². The number of benzene rings is 1. The van der Waals surface area contributed by atoms with Crippen LogP contribution in [0.5, 0.6) is 5.75 Å². The molecule has 0 bridgehead atoms. The topological polar surface area (TPSA) is 89.6 Å². The Bertz CT molecular complexity index is 710. The Hall–Kier alpha value is -2.61. The number of hydrogen-bond donors (Lipinski definition) is 1. The third-order valence-electron chi connectivity index (χ3n) is 3.83. The van der Waals surface area contributed by atoms with E-state index in [4.69, 9.17) is 14.2 Å². The Morgan fingerprint density at radius 3 is 2.83 bits per heavy atom. The van der Waals surface area contributed by atoms with Gasteiger partial charge in [-0.15, -0.1) is 5.10 Å². The number of ether oxygens (including phenoxy) is 3. The minimum absolute atomic E-state index is 0.147. The molecule has 0 unspecified atom stereocenters. The van der Waals surface area contributed by atoms with Crippen LogP contribution in [0.1, 0.15) is 17.4 Å². The molecule has 1 fully saturated rings. The quantitative estimate of drug-likeness (QED) is 0.830. The van der Waals surface area contributed by atoms with Crippen molar-refractivity contribution >= 4 is 11.7 Å². The highest BCUT2D eigenvalue weighted by atomic mass is 16.5. The molecule has 128 valence electrons. The molecule has 1 saturated heterocycles. The second-order valence-corrected chi connectivity index (χ2v) is 5.23. The normalized spacial score (nSPS) is 14.5. The SMILES string of the molecule is CCOC(=O)c1n[nH]nc1-c1ccc(N2CCOCC2)cc1OC. The minimum Gasteiger partial charge on any atom is -0.496 e. The summed E-state index contributed by atoms with van der Waals surface area (Å²) in [6.07, 6.45) is 0. The van der Waals surface area contributed by atoms with Gasteiger partial charge in [-0.2, -0.15) is 10.3 Å². The maximum Gasteiger partial charge on any atom is 0.361 e. The Morgan fingerprint density at radius 2 is 2.12 bits per heavy atom. The van der Waals surface area contributed by atoms with Gasteiger partial charge in [-0.25, -0.2) is 4.79 Å². The van der Waals surface area contributed by atoms with E-state index < -0.39 is 5.97 Å². The van der Waals surface area contributed by atoms with Crippen LogP contribution in [0, 0.1) is 0 Å². The molecule has 0 spiro atoms. The smallest absolute Gasteiger partial charge is 0.361 e. The van der Waals surface area contributed by atoms with Gasteiger partial charge in [-0.1, -0.05) is 0 Å².